The number of likely N-dealkylation sites (tertiary alicyclic amines) is 1. The van der Waals surface area contributed by atoms with Gasteiger partial charge in [0, 0.05) is 30.3 Å². The number of rotatable bonds is 5. The van der Waals surface area contributed by atoms with Gasteiger partial charge in [-0.3, -0.25) is 9.59 Å². The van der Waals surface area contributed by atoms with Crippen molar-refractivity contribution >= 4 is 23.6 Å². The number of amides is 3. The summed E-state index contributed by atoms with van der Waals surface area (Å²) in [6.45, 7) is 1.46. The minimum Gasteiger partial charge on any atom is -0.450 e. The van der Waals surface area contributed by atoms with Crippen LogP contribution in [0.15, 0.2) is 24.3 Å². The predicted molar refractivity (Wildman–Crippen MR) is 94.8 cm³/mol. The zero-order valence-electron chi connectivity index (χ0n) is 15.3. The van der Waals surface area contributed by atoms with Gasteiger partial charge in [-0.1, -0.05) is 0 Å². The van der Waals surface area contributed by atoms with E-state index in [9.17, 15) is 27.6 Å². The highest BCUT2D eigenvalue weighted by molar-refractivity contribution is 5.96. The molecular formula is C18H22F3N3O4. The first-order chi connectivity index (χ1) is 13.2. The molecule has 0 aliphatic carbocycles. The van der Waals surface area contributed by atoms with E-state index in [-0.39, 0.29) is 23.5 Å². The third-order valence-corrected chi connectivity index (χ3v) is 4.26. The first-order valence-corrected chi connectivity index (χ1v) is 8.87. The van der Waals surface area contributed by atoms with Gasteiger partial charge in [0.25, 0.3) is 5.91 Å². The smallest absolute Gasteiger partial charge is 0.409 e. The summed E-state index contributed by atoms with van der Waals surface area (Å²) in [4.78, 5) is 37.2. The fourth-order valence-corrected chi connectivity index (χ4v) is 2.77. The number of nitrogens with zero attached hydrogens (tertiary/aromatic N) is 1. The lowest BCUT2D eigenvalue weighted by Gasteiger charge is -2.30. The van der Waals surface area contributed by atoms with Crippen LogP contribution in [0, 0.1) is 5.92 Å². The van der Waals surface area contributed by atoms with E-state index in [1.165, 1.54) is 24.3 Å². The van der Waals surface area contributed by atoms with Crippen molar-refractivity contribution in [3.63, 3.8) is 0 Å². The molecule has 10 heteroatoms. The number of carbonyl (C=O) groups excluding carboxylic acids is 3. The van der Waals surface area contributed by atoms with E-state index < -0.39 is 18.6 Å². The van der Waals surface area contributed by atoms with Crippen molar-refractivity contribution in [1.29, 1.82) is 0 Å². The molecule has 1 aromatic rings. The van der Waals surface area contributed by atoms with Crippen molar-refractivity contribution in [2.75, 3.05) is 31.6 Å². The van der Waals surface area contributed by atoms with Gasteiger partial charge in [0.05, 0.1) is 6.61 Å². The number of alkyl halides is 3. The number of benzene rings is 1. The van der Waals surface area contributed by atoms with Gasteiger partial charge in [-0.05, 0) is 44.0 Å². The first kappa shape index (κ1) is 21.5. The lowest BCUT2D eigenvalue weighted by Crippen LogP contribution is -2.41. The minimum atomic E-state index is -4.48. The van der Waals surface area contributed by atoms with Crippen LogP contribution in [0.25, 0.3) is 0 Å². The Balaban J connectivity index is 1.83. The molecule has 0 radical (unpaired) electrons. The topological polar surface area (TPSA) is 87.7 Å². The molecule has 154 valence electrons. The van der Waals surface area contributed by atoms with Gasteiger partial charge in [-0.25, -0.2) is 4.79 Å². The molecule has 28 heavy (non-hydrogen) atoms. The first-order valence-electron chi connectivity index (χ1n) is 8.87. The Morgan fingerprint density at radius 1 is 1.14 bits per heavy atom. The molecule has 0 saturated carbocycles. The zero-order chi connectivity index (χ0) is 20.7. The summed E-state index contributed by atoms with van der Waals surface area (Å²) in [5.41, 5.74) is 0.496. The second-order valence-corrected chi connectivity index (χ2v) is 6.32. The SMILES string of the molecule is CCOC(=O)N1CCC(C(=O)Nc2ccc(C(=O)NCC(F)(F)F)cc2)CC1. The lowest BCUT2D eigenvalue weighted by molar-refractivity contribution is -0.123. The van der Waals surface area contributed by atoms with Gasteiger partial charge in [-0.2, -0.15) is 13.2 Å². The van der Waals surface area contributed by atoms with E-state index in [1.807, 2.05) is 0 Å². The number of hydrogen-bond acceptors (Lipinski definition) is 4. The molecule has 1 aliphatic heterocycles. The van der Waals surface area contributed by atoms with Gasteiger partial charge in [0.15, 0.2) is 0 Å². The van der Waals surface area contributed by atoms with Gasteiger partial charge in [0.2, 0.25) is 5.91 Å². The molecule has 1 saturated heterocycles. The lowest BCUT2D eigenvalue weighted by atomic mass is 9.96. The third-order valence-electron chi connectivity index (χ3n) is 4.26. The van der Waals surface area contributed by atoms with E-state index in [0.29, 0.717) is 38.2 Å². The molecule has 0 unspecified atom stereocenters. The summed E-state index contributed by atoms with van der Waals surface area (Å²) in [5.74, 6) is -1.32. The van der Waals surface area contributed by atoms with Gasteiger partial charge >= 0.3 is 12.3 Å². The van der Waals surface area contributed by atoms with Crippen LogP contribution in [-0.2, 0) is 9.53 Å². The quantitative estimate of drug-likeness (QED) is 0.794. The molecule has 1 fully saturated rings. The monoisotopic (exact) mass is 401 g/mol. The highest BCUT2D eigenvalue weighted by atomic mass is 19.4. The predicted octanol–water partition coefficient (Wildman–Crippen LogP) is 2.79. The van der Waals surface area contributed by atoms with Crippen molar-refractivity contribution in [3.8, 4) is 0 Å². The molecule has 2 rings (SSSR count). The molecule has 0 aromatic heterocycles. The Morgan fingerprint density at radius 2 is 1.75 bits per heavy atom. The summed E-state index contributed by atoms with van der Waals surface area (Å²) in [5, 5.41) is 4.50. The maximum Gasteiger partial charge on any atom is 0.409 e. The Labute approximate surface area is 160 Å². The number of carbonyl (C=O) groups is 3. The van der Waals surface area contributed by atoms with Crippen LogP contribution in [0.3, 0.4) is 0 Å². The molecule has 0 atom stereocenters. The second-order valence-electron chi connectivity index (χ2n) is 6.32. The van der Waals surface area contributed by atoms with E-state index in [0.717, 1.165) is 0 Å². The van der Waals surface area contributed by atoms with Crippen molar-refractivity contribution in [1.82, 2.24) is 10.2 Å². The molecule has 3 amide bonds. The number of hydrogen-bond donors (Lipinski definition) is 2. The molecule has 1 heterocycles. The number of piperidine rings is 1. The maximum atomic E-state index is 12.4. The number of halogens is 3. The van der Waals surface area contributed by atoms with E-state index >= 15 is 0 Å². The summed E-state index contributed by atoms with van der Waals surface area (Å²) in [6, 6.07) is 5.58. The Bertz CT molecular complexity index is 699. The highest BCUT2D eigenvalue weighted by Gasteiger charge is 2.29. The van der Waals surface area contributed by atoms with Crippen LogP contribution in [0.4, 0.5) is 23.7 Å². The summed E-state index contributed by atoms with van der Waals surface area (Å²) < 4.78 is 41.3. The average Bonchev–Trinajstić information content (AvgIpc) is 2.66. The summed E-state index contributed by atoms with van der Waals surface area (Å²) in [7, 11) is 0. The van der Waals surface area contributed by atoms with Crippen LogP contribution in [0.1, 0.15) is 30.1 Å². The third kappa shape index (κ3) is 6.43. The van der Waals surface area contributed by atoms with Crippen molar-refractivity contribution in [3.05, 3.63) is 29.8 Å². The van der Waals surface area contributed by atoms with Crippen molar-refractivity contribution in [2.24, 2.45) is 5.92 Å². The fourth-order valence-electron chi connectivity index (χ4n) is 2.77. The Morgan fingerprint density at radius 3 is 2.29 bits per heavy atom. The number of nitrogens with one attached hydrogen (secondary N) is 2. The highest BCUT2D eigenvalue weighted by Crippen LogP contribution is 2.20. The van der Waals surface area contributed by atoms with Crippen LogP contribution >= 0.6 is 0 Å². The van der Waals surface area contributed by atoms with Crippen LogP contribution in [0.2, 0.25) is 0 Å². The molecule has 7 nitrogen and oxygen atoms in total. The van der Waals surface area contributed by atoms with Crippen LogP contribution < -0.4 is 10.6 Å². The average molecular weight is 401 g/mol. The zero-order valence-corrected chi connectivity index (χ0v) is 15.3. The van der Waals surface area contributed by atoms with E-state index in [1.54, 1.807) is 17.1 Å². The minimum absolute atomic E-state index is 0.0602. The summed E-state index contributed by atoms with van der Waals surface area (Å²) in [6.07, 6.45) is -3.86. The number of anilines is 1. The molecule has 0 bridgehead atoms. The Kier molecular flexibility index (Phi) is 7.24. The van der Waals surface area contributed by atoms with Gasteiger partial charge in [-0.15, -0.1) is 0 Å². The normalized spacial score (nSPS) is 15.1. The second kappa shape index (κ2) is 9.43. The molecule has 2 N–H and O–H groups in total. The van der Waals surface area contributed by atoms with E-state index in [2.05, 4.69) is 5.32 Å². The molecule has 1 aromatic carbocycles. The van der Waals surface area contributed by atoms with Crippen molar-refractivity contribution < 1.29 is 32.3 Å². The maximum absolute atomic E-state index is 12.4. The molecule has 1 aliphatic rings. The standard InChI is InChI=1S/C18H22F3N3O4/c1-2-28-17(27)24-9-7-13(8-10-24)16(26)23-14-5-3-12(4-6-14)15(25)22-11-18(19,20)21/h3-6,13H,2,7-11H2,1H3,(H,22,25)(H,23,26). The fraction of sp³-hybridized carbons (Fsp3) is 0.500. The van der Waals surface area contributed by atoms with Gasteiger partial charge in [0.1, 0.15) is 6.54 Å². The number of ether oxygens (including phenoxy) is 1. The van der Waals surface area contributed by atoms with E-state index in [4.69, 9.17) is 4.74 Å². The largest absolute Gasteiger partial charge is 0.450 e. The van der Waals surface area contributed by atoms with Gasteiger partial charge < -0.3 is 20.3 Å². The van der Waals surface area contributed by atoms with Crippen molar-refractivity contribution in [2.45, 2.75) is 25.9 Å². The summed E-state index contributed by atoms with van der Waals surface area (Å²) >= 11 is 0. The van der Waals surface area contributed by atoms with Crippen LogP contribution in [-0.4, -0.2) is 55.2 Å². The Hall–Kier alpha value is -2.78. The molecule has 0 spiro atoms. The van der Waals surface area contributed by atoms with Crippen LogP contribution in [0.5, 0.6) is 0 Å². The molecular weight excluding hydrogens is 379 g/mol.